The van der Waals surface area contributed by atoms with E-state index in [1.165, 1.54) is 4.90 Å². The maximum absolute atomic E-state index is 12.7. The van der Waals surface area contributed by atoms with Crippen molar-refractivity contribution in [1.29, 1.82) is 0 Å². The highest BCUT2D eigenvalue weighted by Gasteiger charge is 2.39. The smallest absolute Gasteiger partial charge is 0.255 e. The van der Waals surface area contributed by atoms with Crippen LogP contribution in [0, 0.1) is 0 Å². The minimum absolute atomic E-state index is 0.219. The Bertz CT molecular complexity index is 1040. The molecule has 0 aliphatic carbocycles. The number of fused-ring (bicyclic) bond motifs is 1. The van der Waals surface area contributed by atoms with Crippen molar-refractivity contribution < 1.29 is 19.2 Å². The fourth-order valence-electron chi connectivity index (χ4n) is 3.65. The third kappa shape index (κ3) is 3.86. The number of amides is 4. The molecule has 2 aromatic rings. The Balaban J connectivity index is 1.44. The number of benzene rings is 2. The Hall–Kier alpha value is -3.19. The zero-order valence-electron chi connectivity index (χ0n) is 15.4. The summed E-state index contributed by atoms with van der Waals surface area (Å²) in [5.74, 6) is -1.21. The van der Waals surface area contributed by atoms with Gasteiger partial charge in [0, 0.05) is 35.7 Å². The fraction of sp³-hybridized carbons (Fsp3) is 0.238. The van der Waals surface area contributed by atoms with Crippen molar-refractivity contribution >= 4 is 35.2 Å². The molecule has 0 aromatic heterocycles. The van der Waals surface area contributed by atoms with Crippen molar-refractivity contribution in [1.82, 2.24) is 15.5 Å². The van der Waals surface area contributed by atoms with Crippen LogP contribution in [-0.2, 0) is 22.7 Å². The van der Waals surface area contributed by atoms with Crippen LogP contribution in [0.3, 0.4) is 0 Å². The second kappa shape index (κ2) is 7.67. The van der Waals surface area contributed by atoms with E-state index in [9.17, 15) is 19.2 Å². The van der Waals surface area contributed by atoms with Crippen molar-refractivity contribution in [3.8, 4) is 0 Å². The minimum atomic E-state index is -0.640. The van der Waals surface area contributed by atoms with Gasteiger partial charge in [0.15, 0.2) is 0 Å². The molecular formula is C21H18ClN3O4. The molecule has 148 valence electrons. The summed E-state index contributed by atoms with van der Waals surface area (Å²) in [6.45, 7) is 0.599. The molecule has 0 bridgehead atoms. The summed E-state index contributed by atoms with van der Waals surface area (Å²) in [5.41, 5.74) is 2.66. The average Bonchev–Trinajstić information content (AvgIpc) is 3.02. The SMILES string of the molecule is O=C1CCC(N2Cc3cc(CNC(=O)c4cccc(Cl)c4)ccc3C2=O)C(=O)N1. The standard InChI is InChI=1S/C21H18ClN3O4/c22-15-3-1-2-13(9-15)19(27)23-10-12-4-5-16-14(8-12)11-25(21(16)29)17-6-7-18(26)24-20(17)28/h1-5,8-9,17H,6-7,10-11H2,(H,23,27)(H,24,26,28). The molecule has 2 heterocycles. The van der Waals surface area contributed by atoms with Crippen molar-refractivity contribution in [3.05, 3.63) is 69.7 Å². The zero-order chi connectivity index (χ0) is 20.5. The van der Waals surface area contributed by atoms with E-state index in [1.54, 1.807) is 36.4 Å². The minimum Gasteiger partial charge on any atom is -0.348 e. The lowest BCUT2D eigenvalue weighted by molar-refractivity contribution is -0.136. The fourth-order valence-corrected chi connectivity index (χ4v) is 3.84. The molecule has 29 heavy (non-hydrogen) atoms. The number of carbonyl (C=O) groups is 4. The normalized spacial score (nSPS) is 18.4. The van der Waals surface area contributed by atoms with Gasteiger partial charge in [0.05, 0.1) is 0 Å². The van der Waals surface area contributed by atoms with Gasteiger partial charge in [-0.25, -0.2) is 0 Å². The second-order valence-corrected chi connectivity index (χ2v) is 7.52. The van der Waals surface area contributed by atoms with Crippen molar-refractivity contribution in [2.75, 3.05) is 0 Å². The molecule has 1 fully saturated rings. The van der Waals surface area contributed by atoms with Gasteiger partial charge in [-0.3, -0.25) is 24.5 Å². The van der Waals surface area contributed by atoms with Gasteiger partial charge in [-0.1, -0.05) is 29.8 Å². The second-order valence-electron chi connectivity index (χ2n) is 7.08. The molecule has 2 N–H and O–H groups in total. The third-order valence-corrected chi connectivity index (χ3v) is 5.36. The monoisotopic (exact) mass is 411 g/mol. The molecule has 1 atom stereocenters. The molecule has 0 radical (unpaired) electrons. The number of rotatable bonds is 4. The van der Waals surface area contributed by atoms with E-state index in [2.05, 4.69) is 10.6 Å². The number of imide groups is 1. The quantitative estimate of drug-likeness (QED) is 0.752. The van der Waals surface area contributed by atoms with Crippen LogP contribution >= 0.6 is 11.6 Å². The molecule has 2 aliphatic rings. The van der Waals surface area contributed by atoms with Crippen LogP contribution < -0.4 is 10.6 Å². The van der Waals surface area contributed by atoms with E-state index >= 15 is 0 Å². The summed E-state index contributed by atoms with van der Waals surface area (Å²) >= 11 is 5.92. The van der Waals surface area contributed by atoms with Crippen molar-refractivity contribution in [3.63, 3.8) is 0 Å². The van der Waals surface area contributed by atoms with Gasteiger partial charge in [-0.05, 0) is 41.8 Å². The predicted octanol–water partition coefficient (Wildman–Crippen LogP) is 2.03. The molecule has 7 nitrogen and oxygen atoms in total. The molecule has 2 aliphatic heterocycles. The number of nitrogens with zero attached hydrogens (tertiary/aromatic N) is 1. The first-order valence-electron chi connectivity index (χ1n) is 9.22. The first-order chi connectivity index (χ1) is 13.9. The van der Waals surface area contributed by atoms with Crippen LogP contribution in [0.4, 0.5) is 0 Å². The maximum atomic E-state index is 12.7. The zero-order valence-corrected chi connectivity index (χ0v) is 16.2. The number of hydrogen-bond acceptors (Lipinski definition) is 4. The highest BCUT2D eigenvalue weighted by atomic mass is 35.5. The van der Waals surface area contributed by atoms with Crippen LogP contribution in [0.15, 0.2) is 42.5 Å². The highest BCUT2D eigenvalue weighted by Crippen LogP contribution is 2.28. The molecule has 1 saturated heterocycles. The highest BCUT2D eigenvalue weighted by molar-refractivity contribution is 6.30. The Labute approximate surface area is 172 Å². The lowest BCUT2D eigenvalue weighted by Crippen LogP contribution is -2.52. The number of piperidine rings is 1. The summed E-state index contributed by atoms with van der Waals surface area (Å²) in [6, 6.07) is 11.4. The van der Waals surface area contributed by atoms with Gasteiger partial charge in [0.1, 0.15) is 6.04 Å². The van der Waals surface area contributed by atoms with E-state index in [1.807, 2.05) is 6.07 Å². The molecule has 0 saturated carbocycles. The van der Waals surface area contributed by atoms with E-state index in [4.69, 9.17) is 11.6 Å². The predicted molar refractivity (Wildman–Crippen MR) is 105 cm³/mol. The first kappa shape index (κ1) is 19.1. The van der Waals surface area contributed by atoms with Crippen LogP contribution in [0.2, 0.25) is 5.02 Å². The topological polar surface area (TPSA) is 95.6 Å². The number of halogens is 1. The molecule has 2 aromatic carbocycles. The van der Waals surface area contributed by atoms with Gasteiger partial charge in [-0.15, -0.1) is 0 Å². The van der Waals surface area contributed by atoms with Crippen LogP contribution in [0.5, 0.6) is 0 Å². The van der Waals surface area contributed by atoms with Gasteiger partial charge in [0.2, 0.25) is 11.8 Å². The lowest BCUT2D eigenvalue weighted by atomic mass is 10.0. The number of nitrogens with one attached hydrogen (secondary N) is 2. The summed E-state index contributed by atoms with van der Waals surface area (Å²) < 4.78 is 0. The summed E-state index contributed by atoms with van der Waals surface area (Å²) in [6.07, 6.45) is 0.546. The Kier molecular flexibility index (Phi) is 5.07. The summed E-state index contributed by atoms with van der Waals surface area (Å²) in [7, 11) is 0. The van der Waals surface area contributed by atoms with Gasteiger partial charge in [-0.2, -0.15) is 0 Å². The van der Waals surface area contributed by atoms with E-state index in [0.717, 1.165) is 11.1 Å². The van der Waals surface area contributed by atoms with Crippen molar-refractivity contribution in [2.45, 2.75) is 32.0 Å². The molecule has 1 unspecified atom stereocenters. The van der Waals surface area contributed by atoms with Gasteiger partial charge in [0.25, 0.3) is 11.8 Å². The summed E-state index contributed by atoms with van der Waals surface area (Å²) in [5, 5.41) is 5.61. The van der Waals surface area contributed by atoms with Gasteiger partial charge >= 0.3 is 0 Å². The van der Waals surface area contributed by atoms with E-state index < -0.39 is 11.9 Å². The van der Waals surface area contributed by atoms with E-state index in [-0.39, 0.29) is 24.1 Å². The van der Waals surface area contributed by atoms with Crippen molar-refractivity contribution in [2.24, 2.45) is 0 Å². The van der Waals surface area contributed by atoms with Crippen LogP contribution in [0.25, 0.3) is 0 Å². The van der Waals surface area contributed by atoms with Gasteiger partial charge < -0.3 is 10.2 Å². The summed E-state index contributed by atoms with van der Waals surface area (Å²) in [4.78, 5) is 49.9. The number of carbonyl (C=O) groups excluding carboxylic acids is 4. The molecule has 4 amide bonds. The average molecular weight is 412 g/mol. The molecule has 8 heteroatoms. The largest absolute Gasteiger partial charge is 0.348 e. The first-order valence-corrected chi connectivity index (χ1v) is 9.60. The van der Waals surface area contributed by atoms with E-state index in [0.29, 0.717) is 35.7 Å². The lowest BCUT2D eigenvalue weighted by Gasteiger charge is -2.29. The Morgan fingerprint density at radius 2 is 2.00 bits per heavy atom. The Morgan fingerprint density at radius 1 is 1.17 bits per heavy atom. The van der Waals surface area contributed by atoms with Crippen LogP contribution in [-0.4, -0.2) is 34.6 Å². The maximum Gasteiger partial charge on any atom is 0.255 e. The third-order valence-electron chi connectivity index (χ3n) is 5.13. The Morgan fingerprint density at radius 3 is 2.76 bits per heavy atom. The molecular weight excluding hydrogens is 394 g/mol. The molecule has 4 rings (SSSR count). The number of hydrogen-bond donors (Lipinski definition) is 2. The van der Waals surface area contributed by atoms with Crippen LogP contribution in [0.1, 0.15) is 44.7 Å². The molecule has 0 spiro atoms.